The van der Waals surface area contributed by atoms with Crippen LogP contribution in [0.3, 0.4) is 0 Å². The maximum atomic E-state index is 12.5. The van der Waals surface area contributed by atoms with Crippen LogP contribution in [0.1, 0.15) is 23.7 Å². The standard InChI is InChI=1S/C23H23N3O3/c1-2-15-29-21-10-6-9-20(16-21)24-22(27)17-11-13-19(14-12-17)26-23(28)25-18-7-4-3-5-8-18/h3-14,16H,2,15H2,1H3,(H,24,27)(H2,25,26,28). The van der Waals surface area contributed by atoms with Crippen LogP contribution in [-0.4, -0.2) is 18.5 Å². The lowest BCUT2D eigenvalue weighted by atomic mass is 10.2. The van der Waals surface area contributed by atoms with Gasteiger partial charge in [0.2, 0.25) is 0 Å². The van der Waals surface area contributed by atoms with Gasteiger partial charge in [0.15, 0.2) is 0 Å². The van der Waals surface area contributed by atoms with Gasteiger partial charge in [-0.1, -0.05) is 31.2 Å². The molecule has 0 aliphatic heterocycles. The Labute approximate surface area is 169 Å². The first kappa shape index (κ1) is 19.9. The predicted octanol–water partition coefficient (Wildman–Crippen LogP) is 5.37. The van der Waals surface area contributed by atoms with E-state index in [1.165, 1.54) is 0 Å². The van der Waals surface area contributed by atoms with Crippen LogP contribution in [0.4, 0.5) is 21.9 Å². The second-order valence-electron chi connectivity index (χ2n) is 6.35. The molecule has 6 heteroatoms. The van der Waals surface area contributed by atoms with E-state index in [4.69, 9.17) is 4.74 Å². The second-order valence-corrected chi connectivity index (χ2v) is 6.35. The van der Waals surface area contributed by atoms with Crippen molar-refractivity contribution in [1.29, 1.82) is 0 Å². The molecule has 3 aromatic rings. The molecule has 3 rings (SSSR count). The van der Waals surface area contributed by atoms with Crippen LogP contribution in [0.2, 0.25) is 0 Å². The summed E-state index contributed by atoms with van der Waals surface area (Å²) in [6, 6.07) is 22.8. The van der Waals surface area contributed by atoms with Crippen molar-refractivity contribution in [3.63, 3.8) is 0 Å². The Morgan fingerprint density at radius 1 is 0.759 bits per heavy atom. The van der Waals surface area contributed by atoms with Crippen molar-refractivity contribution in [3.8, 4) is 5.75 Å². The Bertz CT molecular complexity index is 957. The number of carbonyl (C=O) groups is 2. The lowest BCUT2D eigenvalue weighted by molar-refractivity contribution is 0.102. The molecule has 3 N–H and O–H groups in total. The van der Waals surface area contributed by atoms with Crippen molar-refractivity contribution in [1.82, 2.24) is 0 Å². The summed E-state index contributed by atoms with van der Waals surface area (Å²) >= 11 is 0. The number of ether oxygens (including phenoxy) is 1. The fourth-order valence-corrected chi connectivity index (χ4v) is 2.61. The summed E-state index contributed by atoms with van der Waals surface area (Å²) < 4.78 is 5.58. The molecule has 0 radical (unpaired) electrons. The van der Waals surface area contributed by atoms with Gasteiger partial charge in [-0.05, 0) is 55.0 Å². The molecule has 0 fully saturated rings. The summed E-state index contributed by atoms with van der Waals surface area (Å²) in [7, 11) is 0. The van der Waals surface area contributed by atoms with E-state index in [-0.39, 0.29) is 11.9 Å². The number of hydrogen-bond donors (Lipinski definition) is 3. The summed E-state index contributed by atoms with van der Waals surface area (Å²) in [6.45, 7) is 2.67. The zero-order chi connectivity index (χ0) is 20.5. The van der Waals surface area contributed by atoms with Crippen LogP contribution in [0.5, 0.6) is 5.75 Å². The van der Waals surface area contributed by atoms with Crippen LogP contribution in [0.25, 0.3) is 0 Å². The van der Waals surface area contributed by atoms with E-state index in [0.29, 0.717) is 35.0 Å². The zero-order valence-electron chi connectivity index (χ0n) is 16.1. The third kappa shape index (κ3) is 6.10. The molecule has 0 spiro atoms. The number of nitrogens with one attached hydrogen (secondary N) is 3. The van der Waals surface area contributed by atoms with E-state index in [1.54, 1.807) is 48.5 Å². The molecule has 0 aromatic heterocycles. The second kappa shape index (κ2) is 9.94. The molecule has 3 amide bonds. The van der Waals surface area contributed by atoms with E-state index >= 15 is 0 Å². The van der Waals surface area contributed by atoms with Crippen molar-refractivity contribution < 1.29 is 14.3 Å². The third-order valence-corrected chi connectivity index (χ3v) is 4.00. The van der Waals surface area contributed by atoms with Gasteiger partial charge in [-0.15, -0.1) is 0 Å². The lowest BCUT2D eigenvalue weighted by Gasteiger charge is -2.10. The van der Waals surface area contributed by atoms with Gasteiger partial charge in [-0.25, -0.2) is 4.79 Å². The minimum absolute atomic E-state index is 0.238. The fraction of sp³-hybridized carbons (Fsp3) is 0.130. The summed E-state index contributed by atoms with van der Waals surface area (Å²) in [5, 5.41) is 8.32. The number of hydrogen-bond acceptors (Lipinski definition) is 3. The molecule has 0 heterocycles. The van der Waals surface area contributed by atoms with Crippen molar-refractivity contribution in [3.05, 3.63) is 84.4 Å². The summed E-state index contributed by atoms with van der Waals surface area (Å²) in [5.41, 5.74) is 2.43. The molecular weight excluding hydrogens is 366 g/mol. The van der Waals surface area contributed by atoms with Crippen molar-refractivity contribution in [2.75, 3.05) is 22.6 Å². The van der Waals surface area contributed by atoms with Gasteiger partial charge >= 0.3 is 6.03 Å². The summed E-state index contributed by atoms with van der Waals surface area (Å²) in [4.78, 5) is 24.5. The zero-order valence-corrected chi connectivity index (χ0v) is 16.1. The molecule has 148 valence electrons. The van der Waals surface area contributed by atoms with Crippen LogP contribution in [0, 0.1) is 0 Å². The number of benzene rings is 3. The molecular formula is C23H23N3O3. The number of anilines is 3. The highest BCUT2D eigenvalue weighted by Gasteiger charge is 2.08. The van der Waals surface area contributed by atoms with Crippen molar-refractivity contribution >= 4 is 29.0 Å². The maximum absolute atomic E-state index is 12.5. The highest BCUT2D eigenvalue weighted by molar-refractivity contribution is 6.05. The quantitative estimate of drug-likeness (QED) is 0.508. The van der Waals surface area contributed by atoms with Gasteiger partial charge in [-0.3, -0.25) is 4.79 Å². The molecule has 0 unspecified atom stereocenters. The highest BCUT2D eigenvalue weighted by Crippen LogP contribution is 2.19. The van der Waals surface area contributed by atoms with Crippen LogP contribution in [-0.2, 0) is 0 Å². The Kier molecular flexibility index (Phi) is 6.84. The Morgan fingerprint density at radius 3 is 2.10 bits per heavy atom. The van der Waals surface area contributed by atoms with Gasteiger partial charge in [0.1, 0.15) is 5.75 Å². The van der Waals surface area contributed by atoms with E-state index in [9.17, 15) is 9.59 Å². The van der Waals surface area contributed by atoms with Crippen molar-refractivity contribution in [2.45, 2.75) is 13.3 Å². The molecule has 0 saturated heterocycles. The molecule has 0 aliphatic carbocycles. The van der Waals surface area contributed by atoms with E-state index in [0.717, 1.165) is 6.42 Å². The summed E-state index contributed by atoms with van der Waals surface area (Å²) in [6.07, 6.45) is 0.917. The first-order valence-corrected chi connectivity index (χ1v) is 9.41. The summed E-state index contributed by atoms with van der Waals surface area (Å²) in [5.74, 6) is 0.478. The van der Waals surface area contributed by atoms with Gasteiger partial charge in [0, 0.05) is 28.7 Å². The van der Waals surface area contributed by atoms with E-state index < -0.39 is 0 Å². The van der Waals surface area contributed by atoms with Crippen molar-refractivity contribution in [2.24, 2.45) is 0 Å². The monoisotopic (exact) mass is 389 g/mol. The number of carbonyl (C=O) groups excluding carboxylic acids is 2. The molecule has 0 bridgehead atoms. The average molecular weight is 389 g/mol. The molecule has 29 heavy (non-hydrogen) atoms. The normalized spacial score (nSPS) is 10.1. The predicted molar refractivity (Wildman–Crippen MR) is 116 cm³/mol. The van der Waals surface area contributed by atoms with Gasteiger partial charge in [0.25, 0.3) is 5.91 Å². The first-order chi connectivity index (χ1) is 14.1. The smallest absolute Gasteiger partial charge is 0.323 e. The van der Waals surface area contributed by atoms with E-state index in [1.807, 2.05) is 37.3 Å². The van der Waals surface area contributed by atoms with E-state index in [2.05, 4.69) is 16.0 Å². The molecule has 3 aromatic carbocycles. The van der Waals surface area contributed by atoms with Crippen LogP contribution in [0.15, 0.2) is 78.9 Å². The number of urea groups is 1. The molecule has 0 atom stereocenters. The number of rotatable bonds is 7. The average Bonchev–Trinajstić information content (AvgIpc) is 2.73. The van der Waals surface area contributed by atoms with Gasteiger partial charge in [-0.2, -0.15) is 0 Å². The highest BCUT2D eigenvalue weighted by atomic mass is 16.5. The Balaban J connectivity index is 1.56. The first-order valence-electron chi connectivity index (χ1n) is 9.41. The fourth-order valence-electron chi connectivity index (χ4n) is 2.61. The van der Waals surface area contributed by atoms with Crippen LogP contribution < -0.4 is 20.7 Å². The topological polar surface area (TPSA) is 79.5 Å². The minimum Gasteiger partial charge on any atom is -0.494 e. The molecule has 0 saturated carbocycles. The van der Waals surface area contributed by atoms with Gasteiger partial charge < -0.3 is 20.7 Å². The Hall–Kier alpha value is -3.80. The Morgan fingerprint density at radius 2 is 1.41 bits per heavy atom. The molecule has 0 aliphatic rings. The van der Waals surface area contributed by atoms with Gasteiger partial charge in [0.05, 0.1) is 6.61 Å². The minimum atomic E-state index is -0.350. The SMILES string of the molecule is CCCOc1cccc(NC(=O)c2ccc(NC(=O)Nc3ccccc3)cc2)c1. The lowest BCUT2D eigenvalue weighted by Crippen LogP contribution is -2.19. The molecule has 6 nitrogen and oxygen atoms in total. The number of amides is 3. The number of para-hydroxylation sites is 1. The van der Waals surface area contributed by atoms with Crippen LogP contribution >= 0.6 is 0 Å². The third-order valence-electron chi connectivity index (χ3n) is 4.00. The largest absolute Gasteiger partial charge is 0.494 e. The maximum Gasteiger partial charge on any atom is 0.323 e.